The molecule has 5 nitrogen and oxygen atoms in total. The SMILES string of the molecule is c1ccc(-c2nc(-c3ccccc3)nc(-n3c4cccc(c4)oc4ccc5cccc(c5c4)c4ccccc43)n2)cc1. The first-order valence-corrected chi connectivity index (χ1v) is 13.9. The minimum absolute atomic E-state index is 0.519. The summed E-state index contributed by atoms with van der Waals surface area (Å²) in [6, 6.07) is 49.2. The van der Waals surface area contributed by atoms with Crippen LogP contribution >= 0.6 is 0 Å². The Morgan fingerprint density at radius 3 is 1.86 bits per heavy atom. The zero-order valence-electron chi connectivity index (χ0n) is 22.6. The van der Waals surface area contributed by atoms with Gasteiger partial charge in [-0.2, -0.15) is 9.97 Å². The van der Waals surface area contributed by atoms with Gasteiger partial charge in [0.2, 0.25) is 5.95 Å². The molecule has 0 aliphatic heterocycles. The van der Waals surface area contributed by atoms with Crippen molar-refractivity contribution in [2.24, 2.45) is 0 Å². The quantitative estimate of drug-likeness (QED) is 0.224. The lowest BCUT2D eigenvalue weighted by Gasteiger charge is -2.13. The molecule has 8 aromatic rings. The first kappa shape index (κ1) is 24.0. The molecular weight excluding hydrogens is 516 g/mol. The maximum Gasteiger partial charge on any atom is 0.238 e. The molecule has 0 unspecified atom stereocenters. The summed E-state index contributed by atoms with van der Waals surface area (Å²) in [5.74, 6) is 1.73. The fourth-order valence-corrected chi connectivity index (χ4v) is 5.53. The van der Waals surface area contributed by atoms with Crippen LogP contribution in [0.15, 0.2) is 150 Å². The predicted molar refractivity (Wildman–Crippen MR) is 170 cm³/mol. The summed E-state index contributed by atoms with van der Waals surface area (Å²) < 4.78 is 8.51. The molecule has 2 aromatic heterocycles. The van der Waals surface area contributed by atoms with Gasteiger partial charge in [0, 0.05) is 22.6 Å². The monoisotopic (exact) mass is 540 g/mol. The van der Waals surface area contributed by atoms with Crippen LogP contribution < -0.4 is 0 Å². The van der Waals surface area contributed by atoms with Crippen LogP contribution in [0.3, 0.4) is 0 Å². The zero-order valence-corrected chi connectivity index (χ0v) is 22.6. The van der Waals surface area contributed by atoms with Gasteiger partial charge < -0.3 is 4.42 Å². The first-order chi connectivity index (χ1) is 20.8. The molecule has 8 rings (SSSR count). The van der Waals surface area contributed by atoms with Crippen LogP contribution in [-0.2, 0) is 0 Å². The first-order valence-electron chi connectivity index (χ1n) is 13.9. The lowest BCUT2D eigenvalue weighted by molar-refractivity contribution is 0.656. The number of rotatable bonds is 3. The summed E-state index contributed by atoms with van der Waals surface area (Å²) in [5, 5.41) is 4.43. The number of para-hydroxylation sites is 1. The highest BCUT2D eigenvalue weighted by atomic mass is 16.3. The summed E-state index contributed by atoms with van der Waals surface area (Å²) in [4.78, 5) is 15.1. The smallest absolute Gasteiger partial charge is 0.238 e. The standard InChI is InChI=1S/C37H24N4O/c1-3-11-26(12-4-1)35-38-36(27-13-5-2-6-14-27)40-37(39-35)41-28-16-10-17-29(23-28)42-30-22-21-25-15-9-19-31(33(25)24-30)32-18-7-8-20-34(32)41/h1-24H. The van der Waals surface area contributed by atoms with Gasteiger partial charge in [-0.25, -0.2) is 4.98 Å². The van der Waals surface area contributed by atoms with E-state index in [9.17, 15) is 0 Å². The highest BCUT2D eigenvalue weighted by Gasteiger charge is 2.14. The van der Waals surface area contributed by atoms with Gasteiger partial charge in [-0.3, -0.25) is 4.57 Å². The van der Waals surface area contributed by atoms with E-state index >= 15 is 0 Å². The Balaban J connectivity index is 1.58. The summed E-state index contributed by atoms with van der Waals surface area (Å²) in [5.41, 5.74) is 5.19. The summed E-state index contributed by atoms with van der Waals surface area (Å²) in [6.45, 7) is 0. The molecule has 42 heavy (non-hydrogen) atoms. The van der Waals surface area contributed by atoms with Crippen molar-refractivity contribution >= 4 is 43.7 Å². The Bertz CT molecular complexity index is 2240. The molecule has 5 heteroatoms. The minimum atomic E-state index is 0.519. The Morgan fingerprint density at radius 1 is 0.452 bits per heavy atom. The van der Waals surface area contributed by atoms with Crippen molar-refractivity contribution in [3.8, 4) is 28.7 Å². The highest BCUT2D eigenvalue weighted by molar-refractivity contribution is 6.11. The minimum Gasteiger partial charge on any atom is -0.457 e. The summed E-state index contributed by atoms with van der Waals surface area (Å²) in [6.07, 6.45) is 0. The van der Waals surface area contributed by atoms with Crippen LogP contribution in [0.2, 0.25) is 0 Å². The predicted octanol–water partition coefficient (Wildman–Crippen LogP) is 9.33. The second kappa shape index (κ2) is 9.98. The van der Waals surface area contributed by atoms with E-state index < -0.39 is 0 Å². The number of fused-ring (bicyclic) bond motifs is 5. The molecule has 0 spiro atoms. The van der Waals surface area contributed by atoms with Crippen LogP contribution in [0.4, 0.5) is 0 Å². The normalized spacial score (nSPS) is 11.3. The van der Waals surface area contributed by atoms with Crippen molar-refractivity contribution in [2.75, 3.05) is 0 Å². The van der Waals surface area contributed by atoms with Crippen molar-refractivity contribution in [1.29, 1.82) is 0 Å². The van der Waals surface area contributed by atoms with E-state index in [4.69, 9.17) is 19.4 Å². The Morgan fingerprint density at radius 2 is 1.10 bits per heavy atom. The number of hydrogen-bond donors (Lipinski definition) is 0. The Hall–Kier alpha value is -5.81. The van der Waals surface area contributed by atoms with Crippen molar-refractivity contribution in [3.05, 3.63) is 146 Å². The van der Waals surface area contributed by atoms with Crippen molar-refractivity contribution in [3.63, 3.8) is 0 Å². The molecule has 6 aromatic carbocycles. The lowest BCUT2D eigenvalue weighted by Crippen LogP contribution is -2.07. The van der Waals surface area contributed by atoms with E-state index in [1.807, 2.05) is 84.9 Å². The number of aromatic nitrogens is 4. The maximum atomic E-state index is 6.40. The fraction of sp³-hybridized carbons (Fsp3) is 0. The zero-order chi connectivity index (χ0) is 27.9. The van der Waals surface area contributed by atoms with E-state index in [2.05, 4.69) is 65.2 Å². The molecule has 2 heterocycles. The number of hydrogen-bond acceptors (Lipinski definition) is 4. The lowest BCUT2D eigenvalue weighted by atomic mass is 10.0. The van der Waals surface area contributed by atoms with E-state index in [0.29, 0.717) is 17.6 Å². The van der Waals surface area contributed by atoms with Gasteiger partial charge in [0.05, 0.1) is 11.0 Å². The largest absolute Gasteiger partial charge is 0.457 e. The molecule has 0 aliphatic carbocycles. The van der Waals surface area contributed by atoms with Gasteiger partial charge in [0.1, 0.15) is 11.2 Å². The molecule has 0 amide bonds. The van der Waals surface area contributed by atoms with E-state index in [1.165, 1.54) is 0 Å². The third-order valence-electron chi connectivity index (χ3n) is 7.49. The van der Waals surface area contributed by atoms with E-state index in [1.54, 1.807) is 0 Å². The second-order valence-electron chi connectivity index (χ2n) is 10.2. The Kier molecular flexibility index (Phi) is 5.71. The molecule has 0 saturated carbocycles. The number of benzene rings is 6. The van der Waals surface area contributed by atoms with Crippen LogP contribution in [-0.4, -0.2) is 19.5 Å². The van der Waals surface area contributed by atoms with Crippen LogP contribution in [0, 0.1) is 0 Å². The highest BCUT2D eigenvalue weighted by Crippen LogP contribution is 2.30. The summed E-state index contributed by atoms with van der Waals surface area (Å²) in [7, 11) is 0. The van der Waals surface area contributed by atoms with Crippen molar-refractivity contribution in [1.82, 2.24) is 19.5 Å². The van der Waals surface area contributed by atoms with Gasteiger partial charge in [-0.1, -0.05) is 109 Å². The number of nitrogens with zero attached hydrogens (tertiary/aromatic N) is 4. The van der Waals surface area contributed by atoms with Crippen molar-refractivity contribution in [2.45, 2.75) is 0 Å². The van der Waals surface area contributed by atoms with Crippen LogP contribution in [0.5, 0.6) is 0 Å². The maximum absolute atomic E-state index is 6.40. The van der Waals surface area contributed by atoms with E-state index in [-0.39, 0.29) is 0 Å². The molecular formula is C37H24N4O. The van der Waals surface area contributed by atoms with Gasteiger partial charge in [0.25, 0.3) is 0 Å². The molecule has 4 bridgehead atoms. The second-order valence-corrected chi connectivity index (χ2v) is 10.2. The van der Waals surface area contributed by atoms with Gasteiger partial charge in [-0.15, -0.1) is 0 Å². The third-order valence-corrected chi connectivity index (χ3v) is 7.49. The van der Waals surface area contributed by atoms with Crippen LogP contribution in [0.1, 0.15) is 0 Å². The average Bonchev–Trinajstić information content (AvgIpc) is 3.07. The van der Waals surface area contributed by atoms with Gasteiger partial charge in [-0.05, 0) is 46.5 Å². The summed E-state index contributed by atoms with van der Waals surface area (Å²) >= 11 is 0. The molecule has 0 saturated heterocycles. The van der Waals surface area contributed by atoms with Gasteiger partial charge in [0.15, 0.2) is 11.6 Å². The van der Waals surface area contributed by atoms with Crippen LogP contribution in [0.25, 0.3) is 72.5 Å². The molecule has 0 radical (unpaired) electrons. The third kappa shape index (κ3) is 4.25. The fourth-order valence-electron chi connectivity index (χ4n) is 5.53. The van der Waals surface area contributed by atoms with Gasteiger partial charge >= 0.3 is 0 Å². The molecule has 0 fully saturated rings. The van der Waals surface area contributed by atoms with Crippen molar-refractivity contribution < 1.29 is 4.42 Å². The molecule has 0 atom stereocenters. The Labute approximate surface area is 241 Å². The molecule has 0 N–H and O–H groups in total. The van der Waals surface area contributed by atoms with E-state index in [0.717, 1.165) is 54.9 Å². The molecule has 198 valence electrons. The topological polar surface area (TPSA) is 56.7 Å². The molecule has 0 aliphatic rings. The average molecular weight is 541 g/mol.